The van der Waals surface area contributed by atoms with Gasteiger partial charge in [0, 0.05) is 74.1 Å². The molecule has 10 heteroatoms. The Morgan fingerprint density at radius 3 is 2.55 bits per heavy atom. The van der Waals surface area contributed by atoms with Crippen LogP contribution in [0.25, 0.3) is 10.9 Å². The number of amides is 2. The summed E-state index contributed by atoms with van der Waals surface area (Å²) in [5.41, 5.74) is 4.50. The van der Waals surface area contributed by atoms with E-state index >= 15 is 0 Å². The Bertz CT molecular complexity index is 1550. The van der Waals surface area contributed by atoms with Gasteiger partial charge in [0.2, 0.25) is 0 Å². The van der Waals surface area contributed by atoms with Gasteiger partial charge in [-0.15, -0.1) is 0 Å². The standard InChI is InChI=1S/C34H42N6O4/c1-3-44-22-4-16-39(29-9-10-31-28(23-29)14-19-40(31)34(43)35-2)30-11-15-36-32(24-30)37-33(42)27-7-5-25(6-8-27)26-12-17-38(18-13-26)20-21-41/h5-11,14-15,19,23-24,26,41H,3-4,12-13,16-18,20-22H2,1-2H3,(H,35,43)(H,36,37,42). The van der Waals surface area contributed by atoms with E-state index in [2.05, 4.69) is 43.6 Å². The molecule has 4 aromatic rings. The Morgan fingerprint density at radius 1 is 1.05 bits per heavy atom. The van der Waals surface area contributed by atoms with Gasteiger partial charge in [-0.25, -0.2) is 9.78 Å². The number of aromatic nitrogens is 2. The van der Waals surface area contributed by atoms with Crippen LogP contribution in [-0.2, 0) is 4.74 Å². The van der Waals surface area contributed by atoms with Gasteiger partial charge < -0.3 is 30.3 Å². The lowest BCUT2D eigenvalue weighted by Crippen LogP contribution is -2.34. The highest BCUT2D eigenvalue weighted by Crippen LogP contribution is 2.31. The number of carbonyl (C=O) groups is 2. The minimum Gasteiger partial charge on any atom is -0.395 e. The van der Waals surface area contributed by atoms with Gasteiger partial charge in [0.15, 0.2) is 0 Å². The number of carbonyl (C=O) groups excluding carboxylic acids is 2. The van der Waals surface area contributed by atoms with Crippen LogP contribution in [0.1, 0.15) is 48.0 Å². The molecule has 3 N–H and O–H groups in total. The van der Waals surface area contributed by atoms with Crippen LogP contribution in [0.15, 0.2) is 73.1 Å². The summed E-state index contributed by atoms with van der Waals surface area (Å²) in [6.45, 7) is 6.86. The quantitative estimate of drug-likeness (QED) is 0.192. The van der Waals surface area contributed by atoms with E-state index in [1.54, 1.807) is 24.0 Å². The van der Waals surface area contributed by atoms with E-state index in [0.29, 0.717) is 37.1 Å². The van der Waals surface area contributed by atoms with Crippen molar-refractivity contribution in [3.8, 4) is 0 Å². The molecule has 1 aliphatic heterocycles. The minimum atomic E-state index is -0.209. The summed E-state index contributed by atoms with van der Waals surface area (Å²) in [4.78, 5) is 34.4. The number of hydrogen-bond donors (Lipinski definition) is 3. The van der Waals surface area contributed by atoms with Crippen LogP contribution in [0.2, 0.25) is 0 Å². The lowest BCUT2D eigenvalue weighted by atomic mass is 9.89. The van der Waals surface area contributed by atoms with Crippen LogP contribution in [0.5, 0.6) is 0 Å². The van der Waals surface area contributed by atoms with Crippen molar-refractivity contribution in [2.45, 2.75) is 32.1 Å². The van der Waals surface area contributed by atoms with E-state index < -0.39 is 0 Å². The summed E-state index contributed by atoms with van der Waals surface area (Å²) in [6, 6.07) is 19.4. The predicted molar refractivity (Wildman–Crippen MR) is 174 cm³/mol. The molecule has 0 unspecified atom stereocenters. The summed E-state index contributed by atoms with van der Waals surface area (Å²) in [5.74, 6) is 0.726. The molecule has 1 fully saturated rings. The fraction of sp³-hybridized carbons (Fsp3) is 0.382. The molecule has 10 nitrogen and oxygen atoms in total. The number of likely N-dealkylation sites (tertiary alicyclic amines) is 1. The summed E-state index contributed by atoms with van der Waals surface area (Å²) in [6.07, 6.45) is 6.38. The van der Waals surface area contributed by atoms with Gasteiger partial charge in [0.1, 0.15) is 5.82 Å². The van der Waals surface area contributed by atoms with Crippen molar-refractivity contribution in [3.63, 3.8) is 0 Å². The number of nitrogens with zero attached hydrogens (tertiary/aromatic N) is 4. The Labute approximate surface area is 258 Å². The van der Waals surface area contributed by atoms with Crippen LogP contribution in [0.3, 0.4) is 0 Å². The average Bonchev–Trinajstić information content (AvgIpc) is 3.48. The monoisotopic (exact) mass is 598 g/mol. The number of pyridine rings is 1. The summed E-state index contributed by atoms with van der Waals surface area (Å²) in [7, 11) is 1.61. The van der Waals surface area contributed by atoms with Crippen molar-refractivity contribution in [2.24, 2.45) is 0 Å². The van der Waals surface area contributed by atoms with E-state index in [1.807, 2.05) is 49.4 Å². The molecule has 0 radical (unpaired) electrons. The van der Waals surface area contributed by atoms with Gasteiger partial charge in [0.25, 0.3) is 5.91 Å². The number of piperidine rings is 1. The smallest absolute Gasteiger partial charge is 0.325 e. The fourth-order valence-electron chi connectivity index (χ4n) is 5.85. The first-order chi connectivity index (χ1) is 21.5. The molecule has 3 heterocycles. The van der Waals surface area contributed by atoms with E-state index in [4.69, 9.17) is 4.74 Å². The molecule has 0 aliphatic carbocycles. The SMILES string of the molecule is CCOCCCN(c1ccnc(NC(=O)c2ccc(C3CCN(CCO)CC3)cc2)c1)c1ccc2c(ccn2C(=O)NC)c1. The predicted octanol–water partition coefficient (Wildman–Crippen LogP) is 5.21. The molecule has 0 saturated carbocycles. The molecule has 232 valence electrons. The van der Waals surface area contributed by atoms with Gasteiger partial charge in [-0.3, -0.25) is 9.36 Å². The normalized spacial score (nSPS) is 14.1. The van der Waals surface area contributed by atoms with Gasteiger partial charge in [-0.2, -0.15) is 0 Å². The summed E-state index contributed by atoms with van der Waals surface area (Å²) < 4.78 is 7.19. The van der Waals surface area contributed by atoms with E-state index in [-0.39, 0.29) is 18.5 Å². The lowest BCUT2D eigenvalue weighted by Gasteiger charge is -2.31. The highest BCUT2D eigenvalue weighted by molar-refractivity contribution is 6.04. The topological polar surface area (TPSA) is 112 Å². The van der Waals surface area contributed by atoms with Crippen LogP contribution in [-0.4, -0.2) is 84.5 Å². The maximum atomic E-state index is 13.2. The fourth-order valence-corrected chi connectivity index (χ4v) is 5.85. The number of hydrogen-bond acceptors (Lipinski definition) is 7. The Morgan fingerprint density at radius 2 is 1.82 bits per heavy atom. The summed E-state index contributed by atoms with van der Waals surface area (Å²) in [5, 5.41) is 15.8. The van der Waals surface area contributed by atoms with Crippen molar-refractivity contribution in [3.05, 3.63) is 84.2 Å². The lowest BCUT2D eigenvalue weighted by molar-refractivity contribution is 0.102. The number of aliphatic hydroxyl groups excluding tert-OH is 1. The molecular formula is C34H42N6O4. The van der Waals surface area contributed by atoms with Gasteiger partial charge in [0.05, 0.1) is 12.1 Å². The molecule has 1 saturated heterocycles. The zero-order valence-corrected chi connectivity index (χ0v) is 25.5. The number of benzene rings is 2. The molecule has 44 heavy (non-hydrogen) atoms. The van der Waals surface area contributed by atoms with Gasteiger partial charge >= 0.3 is 6.03 Å². The number of aliphatic hydroxyl groups is 1. The number of β-amino-alcohol motifs (C(OH)–C–C–N with tert-alkyl or cyclic N) is 1. The second-order valence-corrected chi connectivity index (χ2v) is 11.0. The Balaban J connectivity index is 1.30. The first kappa shape index (κ1) is 31.2. The number of nitrogens with one attached hydrogen (secondary N) is 2. The maximum absolute atomic E-state index is 13.2. The number of fused-ring (bicyclic) bond motifs is 1. The molecule has 0 atom stereocenters. The van der Waals surface area contributed by atoms with Crippen LogP contribution in [0.4, 0.5) is 22.0 Å². The largest absolute Gasteiger partial charge is 0.395 e. The van der Waals surface area contributed by atoms with Crippen molar-refractivity contribution in [1.29, 1.82) is 0 Å². The minimum absolute atomic E-state index is 0.190. The second kappa shape index (κ2) is 15.0. The van der Waals surface area contributed by atoms with Gasteiger partial charge in [-0.1, -0.05) is 12.1 Å². The van der Waals surface area contributed by atoms with Crippen molar-refractivity contribution < 1.29 is 19.4 Å². The molecule has 2 amide bonds. The molecule has 0 bridgehead atoms. The van der Waals surface area contributed by atoms with Crippen molar-refractivity contribution in [2.75, 3.05) is 63.3 Å². The third-order valence-electron chi connectivity index (χ3n) is 8.24. The van der Waals surface area contributed by atoms with Gasteiger partial charge in [-0.05, 0) is 93.2 Å². The number of anilines is 3. The number of rotatable bonds is 12. The van der Waals surface area contributed by atoms with Crippen molar-refractivity contribution in [1.82, 2.24) is 19.8 Å². The van der Waals surface area contributed by atoms with Crippen LogP contribution < -0.4 is 15.5 Å². The molecule has 2 aromatic heterocycles. The first-order valence-corrected chi connectivity index (χ1v) is 15.4. The van der Waals surface area contributed by atoms with Crippen molar-refractivity contribution >= 4 is 40.0 Å². The Hall–Kier alpha value is -4.25. The molecule has 5 rings (SSSR count). The average molecular weight is 599 g/mol. The number of ether oxygens (including phenoxy) is 1. The first-order valence-electron chi connectivity index (χ1n) is 15.4. The third kappa shape index (κ3) is 7.45. The molecule has 1 aliphatic rings. The second-order valence-electron chi connectivity index (χ2n) is 11.0. The third-order valence-corrected chi connectivity index (χ3v) is 8.24. The van der Waals surface area contributed by atoms with Crippen LogP contribution >= 0.6 is 0 Å². The van der Waals surface area contributed by atoms with E-state index in [1.165, 1.54) is 5.56 Å². The van der Waals surface area contributed by atoms with Crippen LogP contribution in [0, 0.1) is 0 Å². The maximum Gasteiger partial charge on any atom is 0.325 e. The Kier molecular flexibility index (Phi) is 10.6. The zero-order valence-electron chi connectivity index (χ0n) is 25.5. The highest BCUT2D eigenvalue weighted by atomic mass is 16.5. The zero-order chi connectivity index (χ0) is 30.9. The van der Waals surface area contributed by atoms with E-state index in [0.717, 1.165) is 61.2 Å². The highest BCUT2D eigenvalue weighted by Gasteiger charge is 2.21. The molecule has 2 aromatic carbocycles. The van der Waals surface area contributed by atoms with E-state index in [9.17, 15) is 14.7 Å². The summed E-state index contributed by atoms with van der Waals surface area (Å²) >= 11 is 0. The molecule has 0 spiro atoms. The molecular weight excluding hydrogens is 556 g/mol.